The number of rotatable bonds is 6. The van der Waals surface area contributed by atoms with Crippen LogP contribution in [0.5, 0.6) is 5.75 Å². The SMILES string of the molecule is COc1ccc(C(C)C)cc1CNC(=O)CCS. The van der Waals surface area contributed by atoms with Crippen LogP contribution >= 0.6 is 12.6 Å². The van der Waals surface area contributed by atoms with Crippen molar-refractivity contribution in [2.45, 2.75) is 32.7 Å². The third kappa shape index (κ3) is 4.26. The summed E-state index contributed by atoms with van der Waals surface area (Å²) in [6, 6.07) is 6.10. The Morgan fingerprint density at radius 3 is 2.72 bits per heavy atom. The van der Waals surface area contributed by atoms with Gasteiger partial charge in [-0.15, -0.1) is 0 Å². The van der Waals surface area contributed by atoms with Crippen LogP contribution in [0.4, 0.5) is 0 Å². The highest BCUT2D eigenvalue weighted by Crippen LogP contribution is 2.24. The maximum Gasteiger partial charge on any atom is 0.221 e. The molecule has 1 amide bonds. The summed E-state index contributed by atoms with van der Waals surface area (Å²) >= 11 is 4.04. The average molecular weight is 267 g/mol. The molecule has 0 atom stereocenters. The van der Waals surface area contributed by atoms with Gasteiger partial charge in [0.2, 0.25) is 5.91 Å². The minimum Gasteiger partial charge on any atom is -0.496 e. The van der Waals surface area contributed by atoms with Crippen molar-refractivity contribution < 1.29 is 9.53 Å². The van der Waals surface area contributed by atoms with E-state index in [0.717, 1.165) is 11.3 Å². The molecule has 0 aliphatic carbocycles. The summed E-state index contributed by atoms with van der Waals surface area (Å²) in [7, 11) is 1.64. The second-order valence-electron chi connectivity index (χ2n) is 4.48. The molecule has 0 unspecified atom stereocenters. The van der Waals surface area contributed by atoms with Crippen molar-refractivity contribution in [3.8, 4) is 5.75 Å². The lowest BCUT2D eigenvalue weighted by atomic mass is 10.00. The van der Waals surface area contributed by atoms with Gasteiger partial charge in [-0.25, -0.2) is 0 Å². The highest BCUT2D eigenvalue weighted by atomic mass is 32.1. The van der Waals surface area contributed by atoms with Crippen LogP contribution in [0.1, 0.15) is 37.3 Å². The molecule has 1 N–H and O–H groups in total. The molecule has 18 heavy (non-hydrogen) atoms. The van der Waals surface area contributed by atoms with E-state index in [1.807, 2.05) is 6.07 Å². The molecule has 0 saturated heterocycles. The van der Waals surface area contributed by atoms with Crippen molar-refractivity contribution in [2.75, 3.05) is 12.9 Å². The minimum atomic E-state index is 0.0157. The lowest BCUT2D eigenvalue weighted by molar-refractivity contribution is -0.120. The average Bonchev–Trinajstić information content (AvgIpc) is 2.36. The molecule has 0 fully saturated rings. The van der Waals surface area contributed by atoms with Crippen LogP contribution in [0.15, 0.2) is 18.2 Å². The topological polar surface area (TPSA) is 38.3 Å². The number of hydrogen-bond donors (Lipinski definition) is 2. The first kappa shape index (κ1) is 14.9. The number of methoxy groups -OCH3 is 1. The van der Waals surface area contributed by atoms with Crippen LogP contribution in [0, 0.1) is 0 Å². The first-order chi connectivity index (χ1) is 8.58. The standard InChI is InChI=1S/C14H21NO2S/c1-10(2)11-4-5-13(17-3)12(8-11)9-15-14(16)6-7-18/h4-5,8,10,18H,6-7,9H2,1-3H3,(H,15,16). The monoisotopic (exact) mass is 267 g/mol. The number of carbonyl (C=O) groups is 1. The first-order valence-corrected chi connectivity index (χ1v) is 6.76. The molecule has 0 saturated carbocycles. The summed E-state index contributed by atoms with van der Waals surface area (Å²) in [5, 5.41) is 2.87. The van der Waals surface area contributed by atoms with Gasteiger partial charge in [0.05, 0.1) is 7.11 Å². The molecular formula is C14H21NO2S. The summed E-state index contributed by atoms with van der Waals surface area (Å²) in [6.45, 7) is 4.78. The van der Waals surface area contributed by atoms with Gasteiger partial charge in [0, 0.05) is 18.5 Å². The van der Waals surface area contributed by atoms with Gasteiger partial charge in [0.15, 0.2) is 0 Å². The second kappa shape index (κ2) is 7.31. The van der Waals surface area contributed by atoms with E-state index in [-0.39, 0.29) is 5.91 Å². The molecule has 0 aliphatic rings. The molecule has 100 valence electrons. The van der Waals surface area contributed by atoms with Gasteiger partial charge < -0.3 is 10.1 Å². The zero-order chi connectivity index (χ0) is 13.5. The lowest BCUT2D eigenvalue weighted by Crippen LogP contribution is -2.23. The number of carbonyl (C=O) groups excluding carboxylic acids is 1. The van der Waals surface area contributed by atoms with E-state index in [2.05, 4.69) is 43.9 Å². The summed E-state index contributed by atoms with van der Waals surface area (Å²) < 4.78 is 5.31. The predicted molar refractivity (Wildman–Crippen MR) is 77.4 cm³/mol. The van der Waals surface area contributed by atoms with Gasteiger partial charge in [0.1, 0.15) is 5.75 Å². The Bertz CT molecular complexity index is 405. The summed E-state index contributed by atoms with van der Waals surface area (Å²) in [4.78, 5) is 11.4. The maximum absolute atomic E-state index is 11.4. The van der Waals surface area contributed by atoms with Gasteiger partial charge in [-0.05, 0) is 23.3 Å². The van der Waals surface area contributed by atoms with Crippen molar-refractivity contribution in [1.82, 2.24) is 5.32 Å². The number of ether oxygens (including phenoxy) is 1. The van der Waals surface area contributed by atoms with Crippen molar-refractivity contribution in [3.05, 3.63) is 29.3 Å². The highest BCUT2D eigenvalue weighted by Gasteiger charge is 2.08. The second-order valence-corrected chi connectivity index (χ2v) is 4.92. The van der Waals surface area contributed by atoms with Gasteiger partial charge in [0.25, 0.3) is 0 Å². The Hall–Kier alpha value is -1.16. The van der Waals surface area contributed by atoms with E-state index >= 15 is 0 Å². The van der Waals surface area contributed by atoms with E-state index in [1.165, 1.54) is 5.56 Å². The van der Waals surface area contributed by atoms with E-state index in [0.29, 0.717) is 24.6 Å². The Kier molecular flexibility index (Phi) is 6.05. The lowest BCUT2D eigenvalue weighted by Gasteiger charge is -2.13. The fourth-order valence-electron chi connectivity index (χ4n) is 1.68. The summed E-state index contributed by atoms with van der Waals surface area (Å²) in [5.74, 6) is 1.85. The Morgan fingerprint density at radius 2 is 2.17 bits per heavy atom. The number of nitrogens with one attached hydrogen (secondary N) is 1. The Balaban J connectivity index is 2.78. The molecule has 0 aromatic heterocycles. The van der Waals surface area contributed by atoms with Gasteiger partial charge in [-0.1, -0.05) is 26.0 Å². The van der Waals surface area contributed by atoms with Crippen LogP contribution in [0.3, 0.4) is 0 Å². The molecule has 1 rings (SSSR count). The normalized spacial score (nSPS) is 10.5. The molecule has 1 aromatic rings. The molecule has 4 heteroatoms. The van der Waals surface area contributed by atoms with Crippen LogP contribution in [-0.4, -0.2) is 18.8 Å². The molecule has 1 aromatic carbocycles. The molecular weight excluding hydrogens is 246 g/mol. The zero-order valence-electron chi connectivity index (χ0n) is 11.2. The molecule has 0 spiro atoms. The first-order valence-electron chi connectivity index (χ1n) is 6.12. The predicted octanol–water partition coefficient (Wildman–Crippen LogP) is 2.75. The zero-order valence-corrected chi connectivity index (χ0v) is 12.1. The van der Waals surface area contributed by atoms with E-state index in [4.69, 9.17) is 4.74 Å². The minimum absolute atomic E-state index is 0.0157. The van der Waals surface area contributed by atoms with Crippen molar-refractivity contribution in [3.63, 3.8) is 0 Å². The number of hydrogen-bond acceptors (Lipinski definition) is 3. The van der Waals surface area contributed by atoms with Crippen molar-refractivity contribution in [2.24, 2.45) is 0 Å². The third-order valence-corrected chi connectivity index (χ3v) is 3.01. The largest absolute Gasteiger partial charge is 0.496 e. The Morgan fingerprint density at radius 1 is 1.44 bits per heavy atom. The van der Waals surface area contributed by atoms with Gasteiger partial charge in [-0.2, -0.15) is 12.6 Å². The maximum atomic E-state index is 11.4. The summed E-state index contributed by atoms with van der Waals surface area (Å²) in [5.41, 5.74) is 2.26. The van der Waals surface area contributed by atoms with Crippen LogP contribution in [0.2, 0.25) is 0 Å². The molecule has 3 nitrogen and oxygen atoms in total. The number of amides is 1. The van der Waals surface area contributed by atoms with Crippen LogP contribution in [0.25, 0.3) is 0 Å². The van der Waals surface area contributed by atoms with Crippen molar-refractivity contribution >= 4 is 18.5 Å². The quantitative estimate of drug-likeness (QED) is 0.778. The molecule has 0 bridgehead atoms. The smallest absolute Gasteiger partial charge is 0.221 e. The fourth-order valence-corrected chi connectivity index (χ4v) is 1.88. The van der Waals surface area contributed by atoms with Gasteiger partial charge in [-0.3, -0.25) is 4.79 Å². The van der Waals surface area contributed by atoms with Gasteiger partial charge >= 0.3 is 0 Å². The van der Waals surface area contributed by atoms with E-state index < -0.39 is 0 Å². The number of thiol groups is 1. The van der Waals surface area contributed by atoms with Crippen molar-refractivity contribution in [1.29, 1.82) is 0 Å². The molecule has 0 aliphatic heterocycles. The van der Waals surface area contributed by atoms with E-state index in [9.17, 15) is 4.79 Å². The van der Waals surface area contributed by atoms with Crippen LogP contribution in [-0.2, 0) is 11.3 Å². The number of benzene rings is 1. The molecule has 0 heterocycles. The van der Waals surface area contributed by atoms with Crippen LogP contribution < -0.4 is 10.1 Å². The highest BCUT2D eigenvalue weighted by molar-refractivity contribution is 7.80. The van der Waals surface area contributed by atoms with E-state index in [1.54, 1.807) is 7.11 Å². The fraction of sp³-hybridized carbons (Fsp3) is 0.500. The third-order valence-electron chi connectivity index (χ3n) is 2.79. The molecule has 0 radical (unpaired) electrons. The summed E-state index contributed by atoms with van der Waals surface area (Å²) in [6.07, 6.45) is 0.440. The Labute approximate surface area is 114 Å².